The molecule has 1 rings (SSSR count). The highest BCUT2D eigenvalue weighted by molar-refractivity contribution is 4.71. The van der Waals surface area contributed by atoms with Crippen molar-refractivity contribution in [2.45, 2.75) is 45.1 Å². The summed E-state index contributed by atoms with van der Waals surface area (Å²) in [7, 11) is 0. The summed E-state index contributed by atoms with van der Waals surface area (Å²) < 4.78 is 0. The molecule has 12 heavy (non-hydrogen) atoms. The third-order valence-corrected chi connectivity index (χ3v) is 2.79. The van der Waals surface area contributed by atoms with E-state index in [-0.39, 0.29) is 0 Å². The second-order valence-electron chi connectivity index (χ2n) is 3.97. The molecule has 0 bridgehead atoms. The first kappa shape index (κ1) is 10.0. The summed E-state index contributed by atoms with van der Waals surface area (Å²) >= 11 is 0. The van der Waals surface area contributed by atoms with Gasteiger partial charge in [-0.1, -0.05) is 12.8 Å². The molecule has 0 aromatic rings. The SMILES string of the molecule is CC(CCO)NCC1CCCC1. The van der Waals surface area contributed by atoms with Crippen molar-refractivity contribution in [1.82, 2.24) is 5.32 Å². The van der Waals surface area contributed by atoms with Gasteiger partial charge in [-0.15, -0.1) is 0 Å². The molecule has 0 amide bonds. The first-order valence-corrected chi connectivity index (χ1v) is 5.17. The van der Waals surface area contributed by atoms with Gasteiger partial charge in [0, 0.05) is 12.6 Å². The lowest BCUT2D eigenvalue weighted by Gasteiger charge is -2.15. The molecule has 2 heteroatoms. The number of rotatable bonds is 5. The van der Waals surface area contributed by atoms with Crippen molar-refractivity contribution in [3.63, 3.8) is 0 Å². The molecule has 1 aliphatic carbocycles. The van der Waals surface area contributed by atoms with E-state index in [1.54, 1.807) is 0 Å². The van der Waals surface area contributed by atoms with E-state index in [4.69, 9.17) is 5.11 Å². The molecule has 2 N–H and O–H groups in total. The molecule has 2 nitrogen and oxygen atoms in total. The van der Waals surface area contributed by atoms with Crippen LogP contribution in [0.5, 0.6) is 0 Å². The van der Waals surface area contributed by atoms with Crippen molar-refractivity contribution in [1.29, 1.82) is 0 Å². The third-order valence-electron chi connectivity index (χ3n) is 2.79. The predicted molar refractivity (Wildman–Crippen MR) is 51.1 cm³/mol. The second kappa shape index (κ2) is 5.55. The number of aliphatic hydroxyl groups is 1. The molecule has 1 aliphatic rings. The molecule has 1 fully saturated rings. The number of aliphatic hydroxyl groups excluding tert-OH is 1. The van der Waals surface area contributed by atoms with Gasteiger partial charge >= 0.3 is 0 Å². The van der Waals surface area contributed by atoms with Crippen LogP contribution in [0.4, 0.5) is 0 Å². The first-order chi connectivity index (χ1) is 5.83. The molecular formula is C10H21NO. The van der Waals surface area contributed by atoms with Gasteiger partial charge in [0.2, 0.25) is 0 Å². The Morgan fingerprint density at radius 3 is 2.67 bits per heavy atom. The lowest BCUT2D eigenvalue weighted by molar-refractivity contribution is 0.266. The maximum atomic E-state index is 8.69. The summed E-state index contributed by atoms with van der Waals surface area (Å²) in [5.41, 5.74) is 0. The van der Waals surface area contributed by atoms with Crippen molar-refractivity contribution in [2.75, 3.05) is 13.2 Å². The molecule has 1 unspecified atom stereocenters. The van der Waals surface area contributed by atoms with E-state index in [9.17, 15) is 0 Å². The van der Waals surface area contributed by atoms with E-state index in [1.165, 1.54) is 25.7 Å². The fourth-order valence-corrected chi connectivity index (χ4v) is 1.88. The Bertz CT molecular complexity index is 110. The Hall–Kier alpha value is -0.0800. The second-order valence-corrected chi connectivity index (χ2v) is 3.97. The fraction of sp³-hybridized carbons (Fsp3) is 1.00. The highest BCUT2D eigenvalue weighted by Gasteiger charge is 2.14. The molecule has 0 saturated heterocycles. The summed E-state index contributed by atoms with van der Waals surface area (Å²) in [6.45, 7) is 3.60. The maximum Gasteiger partial charge on any atom is 0.0445 e. The molecule has 0 aromatic carbocycles. The molecule has 72 valence electrons. The average molecular weight is 171 g/mol. The van der Waals surface area contributed by atoms with Crippen molar-refractivity contribution < 1.29 is 5.11 Å². The largest absolute Gasteiger partial charge is 0.396 e. The number of hydrogen-bond donors (Lipinski definition) is 2. The van der Waals surface area contributed by atoms with Crippen LogP contribution in [-0.2, 0) is 0 Å². The lowest BCUT2D eigenvalue weighted by atomic mass is 10.1. The maximum absolute atomic E-state index is 8.69. The van der Waals surface area contributed by atoms with E-state index in [2.05, 4.69) is 12.2 Å². The van der Waals surface area contributed by atoms with Crippen LogP contribution in [0.2, 0.25) is 0 Å². The van der Waals surface area contributed by atoms with E-state index >= 15 is 0 Å². The Morgan fingerprint density at radius 2 is 2.08 bits per heavy atom. The fourth-order valence-electron chi connectivity index (χ4n) is 1.88. The smallest absolute Gasteiger partial charge is 0.0445 e. The Balaban J connectivity index is 1.99. The standard InChI is InChI=1S/C10H21NO/c1-9(6-7-12)11-8-10-4-2-3-5-10/h9-12H,2-8H2,1H3. The predicted octanol–water partition coefficient (Wildman–Crippen LogP) is 1.54. The number of nitrogens with one attached hydrogen (secondary N) is 1. The Morgan fingerprint density at radius 1 is 1.42 bits per heavy atom. The molecular weight excluding hydrogens is 150 g/mol. The summed E-state index contributed by atoms with van der Waals surface area (Å²) in [5.74, 6) is 0.908. The van der Waals surface area contributed by atoms with Gasteiger partial charge in [0.1, 0.15) is 0 Å². The van der Waals surface area contributed by atoms with E-state index in [1.807, 2.05) is 0 Å². The van der Waals surface area contributed by atoms with Crippen molar-refractivity contribution >= 4 is 0 Å². The van der Waals surface area contributed by atoms with Gasteiger partial charge in [-0.2, -0.15) is 0 Å². The quantitative estimate of drug-likeness (QED) is 0.657. The van der Waals surface area contributed by atoms with Crippen LogP contribution in [0, 0.1) is 5.92 Å². The van der Waals surface area contributed by atoms with Gasteiger partial charge in [0.25, 0.3) is 0 Å². The summed E-state index contributed by atoms with van der Waals surface area (Å²) in [6.07, 6.45) is 6.52. The lowest BCUT2D eigenvalue weighted by Crippen LogP contribution is -2.31. The Kier molecular flexibility index (Phi) is 4.62. The molecule has 0 heterocycles. The normalized spacial score (nSPS) is 21.5. The van der Waals surface area contributed by atoms with E-state index < -0.39 is 0 Å². The van der Waals surface area contributed by atoms with E-state index in [0.717, 1.165) is 18.9 Å². The minimum Gasteiger partial charge on any atom is -0.396 e. The first-order valence-electron chi connectivity index (χ1n) is 5.17. The van der Waals surface area contributed by atoms with Crippen LogP contribution >= 0.6 is 0 Å². The minimum absolute atomic E-state index is 0.304. The van der Waals surface area contributed by atoms with E-state index in [0.29, 0.717) is 12.6 Å². The Labute approximate surface area is 75.4 Å². The summed E-state index contributed by atoms with van der Waals surface area (Å²) in [4.78, 5) is 0. The highest BCUT2D eigenvalue weighted by atomic mass is 16.3. The highest BCUT2D eigenvalue weighted by Crippen LogP contribution is 2.23. The summed E-state index contributed by atoms with van der Waals surface area (Å²) in [5, 5.41) is 12.2. The van der Waals surface area contributed by atoms with Gasteiger partial charge in [-0.05, 0) is 38.6 Å². The van der Waals surface area contributed by atoms with Crippen LogP contribution in [0.1, 0.15) is 39.0 Å². The topological polar surface area (TPSA) is 32.3 Å². The van der Waals surface area contributed by atoms with Crippen LogP contribution in [0.3, 0.4) is 0 Å². The zero-order valence-corrected chi connectivity index (χ0v) is 8.05. The molecule has 0 spiro atoms. The van der Waals surface area contributed by atoms with Gasteiger partial charge < -0.3 is 10.4 Å². The zero-order chi connectivity index (χ0) is 8.81. The third kappa shape index (κ3) is 3.55. The average Bonchev–Trinajstić information content (AvgIpc) is 2.53. The molecule has 0 radical (unpaired) electrons. The van der Waals surface area contributed by atoms with Crippen molar-refractivity contribution in [2.24, 2.45) is 5.92 Å². The van der Waals surface area contributed by atoms with Crippen LogP contribution in [-0.4, -0.2) is 24.3 Å². The minimum atomic E-state index is 0.304. The van der Waals surface area contributed by atoms with Gasteiger partial charge in [0.15, 0.2) is 0 Å². The molecule has 0 aliphatic heterocycles. The number of hydrogen-bond acceptors (Lipinski definition) is 2. The van der Waals surface area contributed by atoms with Crippen molar-refractivity contribution in [3.8, 4) is 0 Å². The van der Waals surface area contributed by atoms with Gasteiger partial charge in [-0.3, -0.25) is 0 Å². The van der Waals surface area contributed by atoms with Crippen LogP contribution in [0.25, 0.3) is 0 Å². The molecule has 1 saturated carbocycles. The van der Waals surface area contributed by atoms with Gasteiger partial charge in [0.05, 0.1) is 0 Å². The van der Waals surface area contributed by atoms with Crippen LogP contribution in [0.15, 0.2) is 0 Å². The molecule has 0 aromatic heterocycles. The zero-order valence-electron chi connectivity index (χ0n) is 8.05. The van der Waals surface area contributed by atoms with Gasteiger partial charge in [-0.25, -0.2) is 0 Å². The molecule has 1 atom stereocenters. The van der Waals surface area contributed by atoms with Crippen molar-refractivity contribution in [3.05, 3.63) is 0 Å². The van der Waals surface area contributed by atoms with Crippen LogP contribution < -0.4 is 5.32 Å². The monoisotopic (exact) mass is 171 g/mol. The summed E-state index contributed by atoms with van der Waals surface area (Å²) in [6, 6.07) is 0.482.